The summed E-state index contributed by atoms with van der Waals surface area (Å²) in [7, 11) is 0. The molecular formula is C14H18ClNO3S. The van der Waals surface area contributed by atoms with E-state index in [1.807, 2.05) is 19.9 Å². The second-order valence-corrected chi connectivity index (χ2v) is 6.54. The summed E-state index contributed by atoms with van der Waals surface area (Å²) in [6.07, 6.45) is 3.12. The highest BCUT2D eigenvalue weighted by atomic mass is 35.5. The van der Waals surface area contributed by atoms with Crippen LogP contribution in [0.15, 0.2) is 18.2 Å². The molecule has 0 aromatic carbocycles. The Morgan fingerprint density at radius 1 is 1.45 bits per heavy atom. The minimum atomic E-state index is -0.902. The zero-order valence-electron chi connectivity index (χ0n) is 11.5. The lowest BCUT2D eigenvalue weighted by atomic mass is 10.2. The predicted octanol–water partition coefficient (Wildman–Crippen LogP) is 3.37. The van der Waals surface area contributed by atoms with E-state index in [1.165, 1.54) is 17.4 Å². The average molecular weight is 316 g/mol. The Labute approximate surface area is 127 Å². The third-order valence-electron chi connectivity index (χ3n) is 2.48. The number of nitrogens with zero attached hydrogens (tertiary/aromatic N) is 1. The average Bonchev–Trinajstić information content (AvgIpc) is 2.76. The van der Waals surface area contributed by atoms with Gasteiger partial charge in [-0.25, -0.2) is 0 Å². The van der Waals surface area contributed by atoms with Gasteiger partial charge in [-0.3, -0.25) is 9.59 Å². The molecule has 1 heterocycles. The third kappa shape index (κ3) is 6.21. The van der Waals surface area contributed by atoms with Crippen molar-refractivity contribution >= 4 is 40.9 Å². The summed E-state index contributed by atoms with van der Waals surface area (Å²) in [5.74, 6) is -0.789. The fraction of sp³-hybridized carbons (Fsp3) is 0.429. The van der Waals surface area contributed by atoms with Crippen LogP contribution in [-0.4, -0.2) is 35.0 Å². The summed E-state index contributed by atoms with van der Waals surface area (Å²) in [6, 6.07) is 3.60. The molecule has 20 heavy (non-hydrogen) atoms. The fourth-order valence-electron chi connectivity index (χ4n) is 1.64. The van der Waals surface area contributed by atoms with Crippen LogP contribution in [0.25, 0.3) is 6.08 Å². The molecule has 1 rings (SSSR count). The van der Waals surface area contributed by atoms with E-state index in [9.17, 15) is 9.59 Å². The molecule has 6 heteroatoms. The SMILES string of the molecule is CC(C)CN(CCC(=O)O)C(=O)/C=C/c1ccc(Cl)s1. The van der Waals surface area contributed by atoms with Crippen molar-refractivity contribution in [3.05, 3.63) is 27.4 Å². The Balaban J connectivity index is 2.66. The van der Waals surface area contributed by atoms with E-state index >= 15 is 0 Å². The molecule has 0 aliphatic heterocycles. The van der Waals surface area contributed by atoms with Crippen molar-refractivity contribution in [3.8, 4) is 0 Å². The summed E-state index contributed by atoms with van der Waals surface area (Å²) in [6.45, 7) is 4.75. The number of hydrogen-bond donors (Lipinski definition) is 1. The fourth-order valence-corrected chi connectivity index (χ4v) is 2.60. The highest BCUT2D eigenvalue weighted by molar-refractivity contribution is 7.17. The molecule has 0 unspecified atom stereocenters. The van der Waals surface area contributed by atoms with Crippen LogP contribution < -0.4 is 0 Å². The van der Waals surface area contributed by atoms with Crippen LogP contribution in [0.5, 0.6) is 0 Å². The number of carbonyl (C=O) groups is 2. The molecule has 0 spiro atoms. The molecule has 110 valence electrons. The van der Waals surface area contributed by atoms with Crippen LogP contribution in [0.2, 0.25) is 4.34 Å². The van der Waals surface area contributed by atoms with Crippen LogP contribution in [0.4, 0.5) is 0 Å². The quantitative estimate of drug-likeness (QED) is 0.785. The Morgan fingerprint density at radius 2 is 2.15 bits per heavy atom. The molecule has 1 N–H and O–H groups in total. The van der Waals surface area contributed by atoms with Crippen molar-refractivity contribution < 1.29 is 14.7 Å². The van der Waals surface area contributed by atoms with Crippen molar-refractivity contribution in [2.24, 2.45) is 5.92 Å². The minimum Gasteiger partial charge on any atom is -0.481 e. The topological polar surface area (TPSA) is 57.6 Å². The maximum atomic E-state index is 12.1. The van der Waals surface area contributed by atoms with Gasteiger partial charge in [0.1, 0.15) is 0 Å². The van der Waals surface area contributed by atoms with Crippen LogP contribution in [0, 0.1) is 5.92 Å². The molecular weight excluding hydrogens is 298 g/mol. The second-order valence-electron chi connectivity index (χ2n) is 4.80. The van der Waals surface area contributed by atoms with E-state index in [-0.39, 0.29) is 24.8 Å². The predicted molar refractivity (Wildman–Crippen MR) is 82.0 cm³/mol. The number of amides is 1. The number of rotatable bonds is 7. The Hall–Kier alpha value is -1.33. The first kappa shape index (κ1) is 16.7. The van der Waals surface area contributed by atoms with Crippen molar-refractivity contribution in [1.82, 2.24) is 4.90 Å². The lowest BCUT2D eigenvalue weighted by Crippen LogP contribution is -2.34. The highest BCUT2D eigenvalue weighted by Crippen LogP contribution is 2.22. The highest BCUT2D eigenvalue weighted by Gasteiger charge is 2.13. The van der Waals surface area contributed by atoms with Gasteiger partial charge in [0.15, 0.2) is 0 Å². The van der Waals surface area contributed by atoms with E-state index in [4.69, 9.17) is 16.7 Å². The van der Waals surface area contributed by atoms with Gasteiger partial charge in [0.25, 0.3) is 0 Å². The number of carbonyl (C=O) groups excluding carboxylic acids is 1. The number of halogens is 1. The monoisotopic (exact) mass is 315 g/mol. The minimum absolute atomic E-state index is 0.0445. The van der Waals surface area contributed by atoms with E-state index in [0.29, 0.717) is 10.9 Å². The number of hydrogen-bond acceptors (Lipinski definition) is 3. The molecule has 0 aliphatic carbocycles. The molecule has 0 aliphatic rings. The summed E-state index contributed by atoms with van der Waals surface area (Å²) < 4.78 is 0.669. The van der Waals surface area contributed by atoms with Crippen LogP contribution in [0.3, 0.4) is 0 Å². The van der Waals surface area contributed by atoms with Gasteiger partial charge in [-0.2, -0.15) is 0 Å². The molecule has 0 fully saturated rings. The van der Waals surface area contributed by atoms with Crippen molar-refractivity contribution in [1.29, 1.82) is 0 Å². The standard InChI is InChI=1S/C14H18ClNO3S/c1-10(2)9-16(8-7-14(18)19)13(17)6-4-11-3-5-12(15)20-11/h3-6,10H,7-9H2,1-2H3,(H,18,19)/b6-4+. The van der Waals surface area contributed by atoms with Crippen molar-refractivity contribution in [2.45, 2.75) is 20.3 Å². The molecule has 4 nitrogen and oxygen atoms in total. The molecule has 0 atom stereocenters. The normalized spacial score (nSPS) is 11.2. The van der Waals surface area contributed by atoms with E-state index in [2.05, 4.69) is 0 Å². The molecule has 1 aromatic heterocycles. The van der Waals surface area contributed by atoms with E-state index in [0.717, 1.165) is 4.88 Å². The number of aliphatic carboxylic acids is 1. The van der Waals surface area contributed by atoms with Crippen molar-refractivity contribution in [3.63, 3.8) is 0 Å². The summed E-state index contributed by atoms with van der Waals surface area (Å²) >= 11 is 7.20. The Bertz CT molecular complexity index is 496. The largest absolute Gasteiger partial charge is 0.481 e. The Kier molecular flexibility index (Phi) is 6.75. The lowest BCUT2D eigenvalue weighted by Gasteiger charge is -2.22. The van der Waals surface area contributed by atoms with E-state index < -0.39 is 5.97 Å². The van der Waals surface area contributed by atoms with E-state index in [1.54, 1.807) is 17.0 Å². The smallest absolute Gasteiger partial charge is 0.305 e. The first-order valence-corrected chi connectivity index (χ1v) is 7.52. The van der Waals surface area contributed by atoms with Gasteiger partial charge in [0, 0.05) is 24.0 Å². The van der Waals surface area contributed by atoms with Gasteiger partial charge >= 0.3 is 5.97 Å². The zero-order chi connectivity index (χ0) is 15.1. The molecule has 1 aromatic rings. The van der Waals surface area contributed by atoms with Gasteiger partial charge in [-0.1, -0.05) is 25.4 Å². The molecule has 0 saturated carbocycles. The van der Waals surface area contributed by atoms with Gasteiger partial charge in [0.05, 0.1) is 10.8 Å². The lowest BCUT2D eigenvalue weighted by molar-refractivity contribution is -0.138. The molecule has 1 amide bonds. The van der Waals surface area contributed by atoms with Crippen LogP contribution in [-0.2, 0) is 9.59 Å². The van der Waals surface area contributed by atoms with Gasteiger partial charge in [-0.05, 0) is 24.1 Å². The first-order chi connectivity index (χ1) is 9.38. The summed E-state index contributed by atoms with van der Waals surface area (Å²) in [5.41, 5.74) is 0. The summed E-state index contributed by atoms with van der Waals surface area (Å²) in [5, 5.41) is 8.72. The molecule has 0 saturated heterocycles. The molecule has 0 radical (unpaired) electrons. The number of carboxylic acid groups (broad SMARTS) is 1. The van der Waals surface area contributed by atoms with Gasteiger partial charge in [-0.15, -0.1) is 11.3 Å². The molecule has 0 bridgehead atoms. The number of carboxylic acids is 1. The van der Waals surface area contributed by atoms with Crippen LogP contribution in [0.1, 0.15) is 25.1 Å². The first-order valence-electron chi connectivity index (χ1n) is 6.32. The summed E-state index contributed by atoms with van der Waals surface area (Å²) in [4.78, 5) is 25.2. The third-order valence-corrected chi connectivity index (χ3v) is 3.67. The van der Waals surface area contributed by atoms with Gasteiger partial charge in [0.2, 0.25) is 5.91 Å². The number of thiophene rings is 1. The maximum absolute atomic E-state index is 12.1. The Morgan fingerprint density at radius 3 is 2.65 bits per heavy atom. The van der Waals surface area contributed by atoms with Crippen LogP contribution >= 0.6 is 22.9 Å². The van der Waals surface area contributed by atoms with Gasteiger partial charge < -0.3 is 10.0 Å². The maximum Gasteiger partial charge on any atom is 0.305 e. The zero-order valence-corrected chi connectivity index (χ0v) is 13.1. The second kappa shape index (κ2) is 8.07. The van der Waals surface area contributed by atoms with Crippen molar-refractivity contribution in [2.75, 3.05) is 13.1 Å².